The standard InChI is InChI=1S/C26H28ClN3OS/c1-7-30-22-13-20(27)18(11-19(22)17(4)14-26(30,5)6)12-23-24(31)29-25(32-23)28-21-9-8-15(2)10-16(21)3/h8-14H,7H2,1-6H3,(H,28,29,31)/b23-12+. The van der Waals surface area contributed by atoms with E-state index in [1.54, 1.807) is 0 Å². The summed E-state index contributed by atoms with van der Waals surface area (Å²) in [5.41, 5.74) is 7.37. The van der Waals surface area contributed by atoms with Crippen LogP contribution in [0.15, 0.2) is 46.3 Å². The molecule has 32 heavy (non-hydrogen) atoms. The molecule has 2 aromatic rings. The summed E-state index contributed by atoms with van der Waals surface area (Å²) in [6.07, 6.45) is 4.14. The van der Waals surface area contributed by atoms with Crippen LogP contribution in [0.4, 0.5) is 11.4 Å². The number of amidine groups is 1. The summed E-state index contributed by atoms with van der Waals surface area (Å²) in [5.74, 6) is -0.157. The number of benzene rings is 2. The van der Waals surface area contributed by atoms with E-state index >= 15 is 0 Å². The highest BCUT2D eigenvalue weighted by atomic mass is 35.5. The maximum Gasteiger partial charge on any atom is 0.264 e. The van der Waals surface area contributed by atoms with Gasteiger partial charge in [0.2, 0.25) is 0 Å². The molecule has 1 fully saturated rings. The number of hydrogen-bond acceptors (Lipinski definition) is 4. The van der Waals surface area contributed by atoms with Crippen LogP contribution in [0.5, 0.6) is 0 Å². The number of rotatable bonds is 3. The van der Waals surface area contributed by atoms with Crippen LogP contribution in [-0.4, -0.2) is 23.2 Å². The quantitative estimate of drug-likeness (QED) is 0.503. The number of aryl methyl sites for hydroxylation is 2. The largest absolute Gasteiger partial charge is 0.363 e. The fourth-order valence-corrected chi connectivity index (χ4v) is 5.50. The third-order valence-corrected chi connectivity index (χ3v) is 7.16. The average molecular weight is 466 g/mol. The van der Waals surface area contributed by atoms with Gasteiger partial charge in [-0.15, -0.1) is 0 Å². The Labute approximate surface area is 199 Å². The third-order valence-electron chi connectivity index (χ3n) is 5.92. The van der Waals surface area contributed by atoms with Crippen molar-refractivity contribution in [1.29, 1.82) is 0 Å². The van der Waals surface area contributed by atoms with Crippen molar-refractivity contribution in [3.8, 4) is 0 Å². The molecular formula is C26H28ClN3OS. The minimum atomic E-state index is -0.157. The summed E-state index contributed by atoms with van der Waals surface area (Å²) in [7, 11) is 0. The monoisotopic (exact) mass is 465 g/mol. The van der Waals surface area contributed by atoms with E-state index in [4.69, 9.17) is 11.6 Å². The molecule has 2 aliphatic rings. The molecule has 0 unspecified atom stereocenters. The molecule has 2 heterocycles. The number of halogens is 1. The van der Waals surface area contributed by atoms with Gasteiger partial charge in [0.05, 0.1) is 16.1 Å². The zero-order valence-corrected chi connectivity index (χ0v) is 20.9. The maximum absolute atomic E-state index is 12.6. The molecule has 2 aromatic carbocycles. The number of amides is 1. The van der Waals surface area contributed by atoms with E-state index in [0.29, 0.717) is 15.1 Å². The fraction of sp³-hybridized carbons (Fsp3) is 0.308. The molecule has 166 valence electrons. The molecule has 1 amide bonds. The van der Waals surface area contributed by atoms with Gasteiger partial charge in [0.15, 0.2) is 5.17 Å². The summed E-state index contributed by atoms with van der Waals surface area (Å²) < 4.78 is 0. The first-order chi connectivity index (χ1) is 15.1. The van der Waals surface area contributed by atoms with Crippen LogP contribution in [0, 0.1) is 13.8 Å². The van der Waals surface area contributed by atoms with Crippen LogP contribution in [-0.2, 0) is 4.79 Å². The smallest absolute Gasteiger partial charge is 0.264 e. The average Bonchev–Trinajstić information content (AvgIpc) is 3.04. The Kier molecular flexibility index (Phi) is 5.99. The molecule has 4 nitrogen and oxygen atoms in total. The first-order valence-electron chi connectivity index (χ1n) is 10.8. The Morgan fingerprint density at radius 2 is 1.94 bits per heavy atom. The maximum atomic E-state index is 12.6. The number of likely N-dealkylation sites (N-methyl/N-ethyl adjacent to an activating group) is 1. The van der Waals surface area contributed by atoms with E-state index in [1.807, 2.05) is 31.2 Å². The van der Waals surface area contributed by atoms with Crippen molar-refractivity contribution in [2.24, 2.45) is 4.99 Å². The summed E-state index contributed by atoms with van der Waals surface area (Å²) in [4.78, 5) is 20.2. The molecule has 1 saturated heterocycles. The number of nitrogens with one attached hydrogen (secondary N) is 1. The van der Waals surface area contributed by atoms with Crippen molar-refractivity contribution in [2.45, 2.75) is 47.1 Å². The second-order valence-corrected chi connectivity index (χ2v) is 10.3. The summed E-state index contributed by atoms with van der Waals surface area (Å²) in [6.45, 7) is 13.7. The molecule has 4 rings (SSSR count). The SMILES string of the molecule is CCN1c2cc(Cl)c(/C=C3/SC(=Nc4ccc(C)cc4C)NC3=O)cc2C(C)=CC1(C)C. The first-order valence-corrected chi connectivity index (χ1v) is 12.0. The zero-order valence-electron chi connectivity index (χ0n) is 19.3. The lowest BCUT2D eigenvalue weighted by atomic mass is 9.88. The van der Waals surface area contributed by atoms with Crippen molar-refractivity contribution in [1.82, 2.24) is 5.32 Å². The van der Waals surface area contributed by atoms with Crippen molar-refractivity contribution in [3.63, 3.8) is 0 Å². The molecule has 1 N–H and O–H groups in total. The summed E-state index contributed by atoms with van der Waals surface area (Å²) in [6, 6.07) is 10.2. The lowest BCUT2D eigenvalue weighted by Crippen LogP contribution is -2.44. The minimum absolute atomic E-state index is 0.0736. The Balaban J connectivity index is 1.68. The number of thioether (sulfide) groups is 1. The minimum Gasteiger partial charge on any atom is -0.363 e. The van der Waals surface area contributed by atoms with Gasteiger partial charge in [-0.05, 0) is 94.3 Å². The van der Waals surface area contributed by atoms with Gasteiger partial charge in [-0.3, -0.25) is 4.79 Å². The lowest BCUT2D eigenvalue weighted by Gasteiger charge is -2.43. The number of hydrogen-bond donors (Lipinski definition) is 1. The van der Waals surface area contributed by atoms with Crippen LogP contribution in [0.1, 0.15) is 49.9 Å². The van der Waals surface area contributed by atoms with E-state index in [2.05, 4.69) is 68.0 Å². The second kappa shape index (κ2) is 8.45. The highest BCUT2D eigenvalue weighted by molar-refractivity contribution is 8.18. The van der Waals surface area contributed by atoms with E-state index in [9.17, 15) is 4.79 Å². The van der Waals surface area contributed by atoms with Gasteiger partial charge < -0.3 is 10.2 Å². The predicted octanol–water partition coefficient (Wildman–Crippen LogP) is 6.87. The van der Waals surface area contributed by atoms with Crippen LogP contribution in [0.25, 0.3) is 11.6 Å². The van der Waals surface area contributed by atoms with Crippen molar-refractivity contribution < 1.29 is 4.79 Å². The van der Waals surface area contributed by atoms with Crippen LogP contribution in [0.3, 0.4) is 0 Å². The molecule has 0 radical (unpaired) electrons. The van der Waals surface area contributed by atoms with Crippen molar-refractivity contribution in [3.05, 3.63) is 68.6 Å². The molecule has 0 spiro atoms. The number of nitrogens with zero attached hydrogens (tertiary/aromatic N) is 2. The van der Waals surface area contributed by atoms with E-state index in [1.165, 1.54) is 22.9 Å². The van der Waals surface area contributed by atoms with Gasteiger partial charge in [-0.2, -0.15) is 0 Å². The van der Waals surface area contributed by atoms with Crippen molar-refractivity contribution in [2.75, 3.05) is 11.4 Å². The molecule has 0 saturated carbocycles. The third kappa shape index (κ3) is 4.24. The molecule has 0 aromatic heterocycles. The van der Waals surface area contributed by atoms with Gasteiger partial charge in [-0.25, -0.2) is 4.99 Å². The number of allylic oxidation sites excluding steroid dienone is 1. The Morgan fingerprint density at radius 1 is 1.19 bits per heavy atom. The van der Waals surface area contributed by atoms with Gasteiger partial charge in [0.25, 0.3) is 5.91 Å². The van der Waals surface area contributed by atoms with Crippen molar-refractivity contribution >= 4 is 57.5 Å². The van der Waals surface area contributed by atoms with E-state index < -0.39 is 0 Å². The zero-order chi connectivity index (χ0) is 23.2. The molecule has 0 aliphatic carbocycles. The number of carbonyl (C=O) groups excluding carboxylic acids is 1. The molecule has 0 bridgehead atoms. The Hall–Kier alpha value is -2.50. The van der Waals surface area contributed by atoms with E-state index in [-0.39, 0.29) is 11.4 Å². The number of aliphatic imine (C=N–C) groups is 1. The van der Waals surface area contributed by atoms with Gasteiger partial charge in [0.1, 0.15) is 0 Å². The number of anilines is 1. The molecule has 0 atom stereocenters. The topological polar surface area (TPSA) is 44.7 Å². The van der Waals surface area contributed by atoms with Gasteiger partial charge in [0, 0.05) is 22.8 Å². The Morgan fingerprint density at radius 3 is 2.62 bits per heavy atom. The molecular weight excluding hydrogens is 438 g/mol. The number of carbonyl (C=O) groups is 1. The first kappa shape index (κ1) is 22.7. The van der Waals surface area contributed by atoms with E-state index in [0.717, 1.165) is 34.6 Å². The Bertz CT molecular complexity index is 1210. The lowest BCUT2D eigenvalue weighted by molar-refractivity contribution is -0.115. The fourth-order valence-electron chi connectivity index (χ4n) is 4.47. The van der Waals surface area contributed by atoms with Crippen LogP contribution in [0.2, 0.25) is 5.02 Å². The highest BCUT2D eigenvalue weighted by Crippen LogP contribution is 2.42. The van der Waals surface area contributed by atoms with Crippen LogP contribution >= 0.6 is 23.4 Å². The highest BCUT2D eigenvalue weighted by Gasteiger charge is 2.31. The van der Waals surface area contributed by atoms with Gasteiger partial charge >= 0.3 is 0 Å². The normalized spacial score (nSPS) is 19.9. The summed E-state index contributed by atoms with van der Waals surface area (Å²) >= 11 is 8.03. The summed E-state index contributed by atoms with van der Waals surface area (Å²) in [5, 5.41) is 4.09. The molecule has 6 heteroatoms. The predicted molar refractivity (Wildman–Crippen MR) is 139 cm³/mol. The molecule has 2 aliphatic heterocycles. The van der Waals surface area contributed by atoms with Gasteiger partial charge in [-0.1, -0.05) is 35.4 Å². The number of fused-ring (bicyclic) bond motifs is 1. The second-order valence-electron chi connectivity index (χ2n) is 8.89. The van der Waals surface area contributed by atoms with Crippen LogP contribution < -0.4 is 10.2 Å².